The van der Waals surface area contributed by atoms with Crippen LogP contribution in [0.4, 0.5) is 4.39 Å². The highest BCUT2D eigenvalue weighted by atomic mass is 19.1. The third-order valence-electron chi connectivity index (χ3n) is 5.86. The number of benzene rings is 1. The summed E-state index contributed by atoms with van der Waals surface area (Å²) in [6.07, 6.45) is 1.20. The van der Waals surface area contributed by atoms with Crippen LogP contribution >= 0.6 is 0 Å². The second-order valence-corrected chi connectivity index (χ2v) is 8.10. The van der Waals surface area contributed by atoms with E-state index < -0.39 is 0 Å². The molecular weight excluding hydrogens is 401 g/mol. The number of aromatic nitrogens is 4. The molecule has 4 rings (SSSR count). The van der Waals surface area contributed by atoms with E-state index in [0.29, 0.717) is 45.6 Å². The molecular formula is C21H30FN7O2. The summed E-state index contributed by atoms with van der Waals surface area (Å²) in [7, 11) is 0. The summed E-state index contributed by atoms with van der Waals surface area (Å²) in [5.41, 5.74) is 0.967. The predicted octanol–water partition coefficient (Wildman–Crippen LogP) is 0.769. The lowest BCUT2D eigenvalue weighted by atomic mass is 10.2. The third kappa shape index (κ3) is 6.28. The average Bonchev–Trinajstić information content (AvgIpc) is 3.22. The van der Waals surface area contributed by atoms with Crippen molar-refractivity contribution in [3.63, 3.8) is 0 Å². The number of carbonyl (C=O) groups is 1. The van der Waals surface area contributed by atoms with Crippen molar-refractivity contribution in [3.8, 4) is 0 Å². The summed E-state index contributed by atoms with van der Waals surface area (Å²) in [5, 5.41) is 12.0. The van der Waals surface area contributed by atoms with Gasteiger partial charge in [0.15, 0.2) is 5.82 Å². The first kappa shape index (κ1) is 21.8. The smallest absolute Gasteiger partial charge is 0.222 e. The lowest BCUT2D eigenvalue weighted by molar-refractivity contribution is -0.133. The van der Waals surface area contributed by atoms with Gasteiger partial charge in [-0.3, -0.25) is 14.6 Å². The van der Waals surface area contributed by atoms with E-state index in [2.05, 4.69) is 25.3 Å². The fraction of sp³-hybridized carbons (Fsp3) is 0.619. The first-order valence-electron chi connectivity index (χ1n) is 11.0. The van der Waals surface area contributed by atoms with Crippen LogP contribution in [-0.2, 0) is 29.2 Å². The second kappa shape index (κ2) is 10.7. The van der Waals surface area contributed by atoms with E-state index in [1.54, 1.807) is 16.8 Å². The van der Waals surface area contributed by atoms with Gasteiger partial charge in [0.25, 0.3) is 0 Å². The molecule has 9 nitrogen and oxygen atoms in total. The summed E-state index contributed by atoms with van der Waals surface area (Å²) in [4.78, 5) is 19.1. The molecule has 0 saturated carbocycles. The maximum absolute atomic E-state index is 13.4. The molecule has 0 unspecified atom stereocenters. The number of tetrazole rings is 1. The van der Waals surface area contributed by atoms with Crippen molar-refractivity contribution < 1.29 is 13.9 Å². The topological polar surface area (TPSA) is 79.6 Å². The number of rotatable bonds is 8. The molecule has 1 aromatic heterocycles. The van der Waals surface area contributed by atoms with E-state index in [-0.39, 0.29) is 11.7 Å². The van der Waals surface area contributed by atoms with Gasteiger partial charge in [-0.1, -0.05) is 12.1 Å². The van der Waals surface area contributed by atoms with Crippen LogP contribution in [-0.4, -0.2) is 93.3 Å². The van der Waals surface area contributed by atoms with Crippen molar-refractivity contribution >= 4 is 5.91 Å². The Balaban J connectivity index is 1.17. The number of amides is 1. The van der Waals surface area contributed by atoms with Gasteiger partial charge in [-0.25, -0.2) is 9.07 Å². The molecule has 3 heterocycles. The molecule has 2 saturated heterocycles. The van der Waals surface area contributed by atoms with Crippen molar-refractivity contribution in [2.45, 2.75) is 32.5 Å². The Morgan fingerprint density at radius 3 is 2.58 bits per heavy atom. The second-order valence-electron chi connectivity index (χ2n) is 8.10. The van der Waals surface area contributed by atoms with Gasteiger partial charge in [-0.2, -0.15) is 0 Å². The highest BCUT2D eigenvalue weighted by Gasteiger charge is 2.21. The Morgan fingerprint density at radius 2 is 1.81 bits per heavy atom. The summed E-state index contributed by atoms with van der Waals surface area (Å²) in [6, 6.07) is 6.71. The summed E-state index contributed by atoms with van der Waals surface area (Å²) < 4.78 is 20.5. The number of hydrogen-bond acceptors (Lipinski definition) is 7. The highest BCUT2D eigenvalue weighted by molar-refractivity contribution is 5.76. The fourth-order valence-corrected chi connectivity index (χ4v) is 4.06. The minimum atomic E-state index is -0.206. The van der Waals surface area contributed by atoms with Gasteiger partial charge >= 0.3 is 0 Å². The first-order chi connectivity index (χ1) is 15.2. The van der Waals surface area contributed by atoms with Crippen molar-refractivity contribution in [1.82, 2.24) is 34.9 Å². The lowest BCUT2D eigenvalue weighted by Gasteiger charge is -2.34. The SMILES string of the molecule is O=C(CCCn1nnnc1CN1CCOCC1)N1CCN(Cc2cccc(F)c2)CC1. The maximum atomic E-state index is 13.4. The molecule has 1 amide bonds. The molecule has 2 aliphatic heterocycles. The zero-order valence-corrected chi connectivity index (χ0v) is 17.8. The van der Waals surface area contributed by atoms with Crippen molar-refractivity contribution in [3.05, 3.63) is 41.5 Å². The van der Waals surface area contributed by atoms with Crippen molar-refractivity contribution in [1.29, 1.82) is 0 Å². The van der Waals surface area contributed by atoms with E-state index in [4.69, 9.17) is 4.74 Å². The molecule has 168 valence electrons. The molecule has 2 aliphatic rings. The number of carbonyl (C=O) groups excluding carboxylic acids is 1. The Kier molecular flexibility index (Phi) is 7.55. The molecule has 31 heavy (non-hydrogen) atoms. The summed E-state index contributed by atoms with van der Waals surface area (Å²) in [6.45, 7) is 8.34. The summed E-state index contributed by atoms with van der Waals surface area (Å²) >= 11 is 0. The number of hydrogen-bond donors (Lipinski definition) is 0. The molecule has 0 N–H and O–H groups in total. The van der Waals surface area contributed by atoms with E-state index in [1.807, 2.05) is 11.0 Å². The van der Waals surface area contributed by atoms with Crippen LogP contribution in [0.2, 0.25) is 0 Å². The van der Waals surface area contributed by atoms with Crippen LogP contribution in [0.25, 0.3) is 0 Å². The monoisotopic (exact) mass is 431 g/mol. The van der Waals surface area contributed by atoms with Crippen LogP contribution in [0.15, 0.2) is 24.3 Å². The van der Waals surface area contributed by atoms with Crippen molar-refractivity contribution in [2.75, 3.05) is 52.5 Å². The molecule has 0 atom stereocenters. The first-order valence-corrected chi connectivity index (χ1v) is 11.0. The van der Waals surface area contributed by atoms with Crippen molar-refractivity contribution in [2.24, 2.45) is 0 Å². The van der Waals surface area contributed by atoms with Crippen LogP contribution in [0, 0.1) is 5.82 Å². The Bertz CT molecular complexity index is 848. The van der Waals surface area contributed by atoms with Gasteiger partial charge in [0.2, 0.25) is 5.91 Å². The number of aryl methyl sites for hydroxylation is 1. The molecule has 10 heteroatoms. The highest BCUT2D eigenvalue weighted by Crippen LogP contribution is 2.12. The van der Waals surface area contributed by atoms with Gasteiger partial charge in [0.05, 0.1) is 19.8 Å². The minimum Gasteiger partial charge on any atom is -0.379 e. The Hall–Kier alpha value is -2.43. The van der Waals surface area contributed by atoms with Crippen LogP contribution < -0.4 is 0 Å². The van der Waals surface area contributed by atoms with E-state index in [9.17, 15) is 9.18 Å². The summed E-state index contributed by atoms with van der Waals surface area (Å²) in [5.74, 6) is 0.801. The number of ether oxygens (including phenoxy) is 1. The van der Waals surface area contributed by atoms with E-state index >= 15 is 0 Å². The van der Waals surface area contributed by atoms with Gasteiger partial charge < -0.3 is 9.64 Å². The van der Waals surface area contributed by atoms with Gasteiger partial charge in [0, 0.05) is 58.8 Å². The normalized spacial score (nSPS) is 18.4. The molecule has 2 aromatic rings. The van der Waals surface area contributed by atoms with Gasteiger partial charge in [-0.05, 0) is 34.5 Å². The number of piperazine rings is 1. The molecule has 2 fully saturated rings. The molecule has 0 spiro atoms. The molecule has 0 bridgehead atoms. The Labute approximate surface area is 181 Å². The lowest BCUT2D eigenvalue weighted by Crippen LogP contribution is -2.48. The van der Waals surface area contributed by atoms with Gasteiger partial charge in [0.1, 0.15) is 5.82 Å². The predicted molar refractivity (Wildman–Crippen MR) is 111 cm³/mol. The number of nitrogens with zero attached hydrogens (tertiary/aromatic N) is 7. The minimum absolute atomic E-state index is 0.174. The fourth-order valence-electron chi connectivity index (χ4n) is 4.06. The zero-order valence-electron chi connectivity index (χ0n) is 17.8. The van der Waals surface area contributed by atoms with Crippen LogP contribution in [0.5, 0.6) is 0 Å². The van der Waals surface area contributed by atoms with E-state index in [0.717, 1.165) is 50.8 Å². The standard InChI is InChI=1S/C21H30FN7O2/c22-19-4-1-3-18(15-19)16-26-7-9-28(10-8-26)21(30)5-2-6-29-20(23-24-25-29)17-27-11-13-31-14-12-27/h1,3-4,15H,2,5-14,16-17H2. The molecule has 0 radical (unpaired) electrons. The van der Waals surface area contributed by atoms with Gasteiger partial charge in [-0.15, -0.1) is 5.10 Å². The van der Waals surface area contributed by atoms with E-state index in [1.165, 1.54) is 6.07 Å². The molecule has 0 aliphatic carbocycles. The molecule has 1 aromatic carbocycles. The average molecular weight is 432 g/mol. The maximum Gasteiger partial charge on any atom is 0.222 e. The van der Waals surface area contributed by atoms with Crippen LogP contribution in [0.3, 0.4) is 0 Å². The largest absolute Gasteiger partial charge is 0.379 e. The van der Waals surface area contributed by atoms with Crippen LogP contribution in [0.1, 0.15) is 24.2 Å². The number of halogens is 1. The zero-order chi connectivity index (χ0) is 21.5. The quantitative estimate of drug-likeness (QED) is 0.611. The number of morpholine rings is 1. The Morgan fingerprint density at radius 1 is 1.03 bits per heavy atom. The third-order valence-corrected chi connectivity index (χ3v) is 5.86.